The van der Waals surface area contributed by atoms with Crippen LogP contribution in [0.5, 0.6) is 0 Å². The molecule has 0 bridgehead atoms. The molecule has 21 heavy (non-hydrogen) atoms. The second kappa shape index (κ2) is 6.37. The number of rotatable bonds is 4. The Kier molecular flexibility index (Phi) is 4.31. The molecule has 1 aliphatic rings. The number of hydrogen-bond acceptors (Lipinski definition) is 5. The van der Waals surface area contributed by atoms with E-state index in [1.807, 2.05) is 30.3 Å². The van der Waals surface area contributed by atoms with E-state index in [0.29, 0.717) is 23.7 Å². The smallest absolute Gasteiger partial charge is 0.241 e. The molecule has 5 heteroatoms. The summed E-state index contributed by atoms with van der Waals surface area (Å²) < 4.78 is 5.37. The number of aromatic nitrogens is 2. The molecule has 1 aromatic carbocycles. The molecule has 0 spiro atoms. The maximum absolute atomic E-state index is 5.97. The minimum absolute atomic E-state index is 0.292. The Morgan fingerprint density at radius 1 is 1.29 bits per heavy atom. The lowest BCUT2D eigenvalue weighted by atomic mass is 9.91. The van der Waals surface area contributed by atoms with Crippen LogP contribution >= 0.6 is 0 Å². The van der Waals surface area contributed by atoms with Gasteiger partial charge in [0.2, 0.25) is 11.7 Å². The minimum Gasteiger partial charge on any atom is -0.338 e. The standard InChI is InChI=1S/C16H22N4O/c1-12(17)13-7-9-20(10-8-13)11-15-18-16(19-21-15)14-5-3-2-4-6-14/h2-6,12-13H,7-11,17H2,1H3. The first-order chi connectivity index (χ1) is 10.2. The fourth-order valence-electron chi connectivity index (χ4n) is 2.85. The van der Waals surface area contributed by atoms with E-state index in [-0.39, 0.29) is 0 Å². The van der Waals surface area contributed by atoms with Crippen molar-refractivity contribution >= 4 is 0 Å². The van der Waals surface area contributed by atoms with E-state index in [4.69, 9.17) is 10.3 Å². The molecule has 2 heterocycles. The van der Waals surface area contributed by atoms with Gasteiger partial charge in [0, 0.05) is 11.6 Å². The van der Waals surface area contributed by atoms with Crippen molar-refractivity contribution in [3.8, 4) is 11.4 Å². The molecular weight excluding hydrogens is 264 g/mol. The summed E-state index contributed by atoms with van der Waals surface area (Å²) in [5.74, 6) is 1.99. The zero-order valence-corrected chi connectivity index (χ0v) is 12.4. The Labute approximate surface area is 125 Å². The van der Waals surface area contributed by atoms with Crippen molar-refractivity contribution in [2.45, 2.75) is 32.4 Å². The lowest BCUT2D eigenvalue weighted by Gasteiger charge is -2.32. The van der Waals surface area contributed by atoms with Gasteiger partial charge in [0.05, 0.1) is 6.54 Å². The van der Waals surface area contributed by atoms with Crippen LogP contribution in [-0.2, 0) is 6.54 Å². The van der Waals surface area contributed by atoms with Gasteiger partial charge in [-0.1, -0.05) is 35.5 Å². The van der Waals surface area contributed by atoms with Crippen LogP contribution in [0.15, 0.2) is 34.9 Å². The zero-order valence-electron chi connectivity index (χ0n) is 12.4. The highest BCUT2D eigenvalue weighted by atomic mass is 16.5. The molecule has 2 N–H and O–H groups in total. The van der Waals surface area contributed by atoms with Crippen molar-refractivity contribution in [1.29, 1.82) is 0 Å². The molecule has 1 fully saturated rings. The van der Waals surface area contributed by atoms with Crippen molar-refractivity contribution < 1.29 is 4.52 Å². The van der Waals surface area contributed by atoms with Gasteiger partial charge in [0.1, 0.15) is 0 Å². The molecule has 5 nitrogen and oxygen atoms in total. The average Bonchev–Trinajstić information content (AvgIpc) is 2.97. The fourth-order valence-corrected chi connectivity index (χ4v) is 2.85. The first-order valence-corrected chi connectivity index (χ1v) is 7.58. The lowest BCUT2D eigenvalue weighted by Crippen LogP contribution is -2.39. The third-order valence-electron chi connectivity index (χ3n) is 4.23. The molecule has 0 radical (unpaired) electrons. The Hall–Kier alpha value is -1.72. The topological polar surface area (TPSA) is 68.2 Å². The maximum Gasteiger partial charge on any atom is 0.241 e. The monoisotopic (exact) mass is 286 g/mol. The molecule has 3 rings (SSSR count). The predicted molar refractivity (Wildman–Crippen MR) is 81.4 cm³/mol. The van der Waals surface area contributed by atoms with Crippen LogP contribution in [0.25, 0.3) is 11.4 Å². The second-order valence-electron chi connectivity index (χ2n) is 5.85. The molecule has 1 aromatic heterocycles. The highest BCUT2D eigenvalue weighted by Crippen LogP contribution is 2.21. The van der Waals surface area contributed by atoms with Gasteiger partial charge >= 0.3 is 0 Å². The van der Waals surface area contributed by atoms with E-state index >= 15 is 0 Å². The van der Waals surface area contributed by atoms with Gasteiger partial charge in [-0.25, -0.2) is 0 Å². The third kappa shape index (κ3) is 3.49. The van der Waals surface area contributed by atoms with Gasteiger partial charge in [-0.05, 0) is 38.8 Å². The van der Waals surface area contributed by atoms with Crippen LogP contribution in [0.2, 0.25) is 0 Å². The first-order valence-electron chi connectivity index (χ1n) is 7.58. The second-order valence-corrected chi connectivity index (χ2v) is 5.85. The first kappa shape index (κ1) is 14.2. The largest absolute Gasteiger partial charge is 0.338 e. The number of benzene rings is 1. The van der Waals surface area contributed by atoms with Gasteiger partial charge in [-0.15, -0.1) is 0 Å². The Morgan fingerprint density at radius 3 is 2.67 bits per heavy atom. The highest BCUT2D eigenvalue weighted by Gasteiger charge is 2.23. The SMILES string of the molecule is CC(N)C1CCN(Cc2nc(-c3ccccc3)no2)CC1. The predicted octanol–water partition coefficient (Wildman–Crippen LogP) is 2.30. The molecule has 1 unspecified atom stereocenters. The van der Waals surface area contributed by atoms with Crippen molar-refractivity contribution in [1.82, 2.24) is 15.0 Å². The van der Waals surface area contributed by atoms with E-state index in [1.54, 1.807) is 0 Å². The Bertz CT molecular complexity index is 559. The van der Waals surface area contributed by atoms with Crippen LogP contribution in [0.3, 0.4) is 0 Å². The van der Waals surface area contributed by atoms with E-state index in [2.05, 4.69) is 22.0 Å². The number of hydrogen-bond donors (Lipinski definition) is 1. The van der Waals surface area contributed by atoms with Crippen LogP contribution in [0.4, 0.5) is 0 Å². The molecule has 2 aromatic rings. The maximum atomic E-state index is 5.97. The summed E-state index contributed by atoms with van der Waals surface area (Å²) in [6, 6.07) is 10.2. The number of nitrogens with two attached hydrogens (primary N) is 1. The van der Waals surface area contributed by atoms with Crippen LogP contribution in [0.1, 0.15) is 25.7 Å². The summed E-state index contributed by atoms with van der Waals surface area (Å²) in [4.78, 5) is 6.85. The average molecular weight is 286 g/mol. The Morgan fingerprint density at radius 2 is 2.00 bits per heavy atom. The molecule has 0 aliphatic carbocycles. The third-order valence-corrected chi connectivity index (χ3v) is 4.23. The molecule has 0 amide bonds. The highest BCUT2D eigenvalue weighted by molar-refractivity contribution is 5.53. The van der Waals surface area contributed by atoms with E-state index < -0.39 is 0 Å². The van der Waals surface area contributed by atoms with Crippen molar-refractivity contribution in [3.63, 3.8) is 0 Å². The van der Waals surface area contributed by atoms with Crippen molar-refractivity contribution in [2.75, 3.05) is 13.1 Å². The van der Waals surface area contributed by atoms with Crippen LogP contribution in [-0.4, -0.2) is 34.2 Å². The van der Waals surface area contributed by atoms with Gasteiger partial charge in [0.15, 0.2) is 0 Å². The van der Waals surface area contributed by atoms with Gasteiger partial charge in [-0.3, -0.25) is 4.90 Å². The lowest BCUT2D eigenvalue weighted by molar-refractivity contribution is 0.150. The molecule has 0 saturated carbocycles. The van der Waals surface area contributed by atoms with E-state index in [1.165, 1.54) is 0 Å². The quantitative estimate of drug-likeness (QED) is 0.934. The fraction of sp³-hybridized carbons (Fsp3) is 0.500. The van der Waals surface area contributed by atoms with E-state index in [0.717, 1.165) is 38.0 Å². The Balaban J connectivity index is 1.59. The number of likely N-dealkylation sites (tertiary alicyclic amines) is 1. The van der Waals surface area contributed by atoms with Gasteiger partial charge in [-0.2, -0.15) is 4.98 Å². The summed E-state index contributed by atoms with van der Waals surface area (Å²) in [5, 5.41) is 4.06. The van der Waals surface area contributed by atoms with E-state index in [9.17, 15) is 0 Å². The molecule has 112 valence electrons. The summed E-state index contributed by atoms with van der Waals surface area (Å²) >= 11 is 0. The molecule has 1 aliphatic heterocycles. The minimum atomic E-state index is 0.292. The summed E-state index contributed by atoms with van der Waals surface area (Å²) in [7, 11) is 0. The van der Waals surface area contributed by atoms with Crippen molar-refractivity contribution in [2.24, 2.45) is 11.7 Å². The van der Waals surface area contributed by atoms with Gasteiger partial charge in [0.25, 0.3) is 0 Å². The molecular formula is C16H22N4O. The summed E-state index contributed by atoms with van der Waals surface area (Å²) in [6.45, 7) is 4.93. The van der Waals surface area contributed by atoms with Crippen LogP contribution < -0.4 is 5.73 Å². The van der Waals surface area contributed by atoms with Gasteiger partial charge < -0.3 is 10.3 Å². The normalized spacial score (nSPS) is 18.8. The van der Waals surface area contributed by atoms with Crippen molar-refractivity contribution in [3.05, 3.63) is 36.2 Å². The molecule has 1 saturated heterocycles. The summed E-state index contributed by atoms with van der Waals surface area (Å²) in [6.07, 6.45) is 2.30. The number of nitrogens with zero attached hydrogens (tertiary/aromatic N) is 3. The number of piperidine rings is 1. The molecule has 1 atom stereocenters. The van der Waals surface area contributed by atoms with Crippen LogP contribution in [0, 0.1) is 5.92 Å². The zero-order chi connectivity index (χ0) is 14.7. The summed E-state index contributed by atoms with van der Waals surface area (Å²) in [5.41, 5.74) is 6.96.